The third-order valence-corrected chi connectivity index (χ3v) is 3.96. The summed E-state index contributed by atoms with van der Waals surface area (Å²) in [6.07, 6.45) is -0.741. The molecule has 7 heteroatoms. The van der Waals surface area contributed by atoms with Gasteiger partial charge in [0.25, 0.3) is 5.69 Å². The van der Waals surface area contributed by atoms with Crippen molar-refractivity contribution in [3.05, 3.63) is 80.2 Å². The molecule has 24 heavy (non-hydrogen) atoms. The second-order valence-corrected chi connectivity index (χ2v) is 5.49. The Balaban J connectivity index is 1.65. The maximum Gasteiger partial charge on any atom is 0.269 e. The van der Waals surface area contributed by atoms with Gasteiger partial charge in [-0.05, 0) is 29.8 Å². The number of epoxide rings is 1. The molecule has 0 unspecified atom stereocenters. The Morgan fingerprint density at radius 2 is 1.83 bits per heavy atom. The third-order valence-electron chi connectivity index (χ3n) is 3.96. The van der Waals surface area contributed by atoms with Crippen molar-refractivity contribution < 1.29 is 19.2 Å². The lowest BCUT2D eigenvalue weighted by atomic mass is 10.1. The topological polar surface area (TPSA) is 106 Å². The van der Waals surface area contributed by atoms with E-state index in [0.717, 1.165) is 5.56 Å². The van der Waals surface area contributed by atoms with E-state index in [1.54, 1.807) is 24.3 Å². The van der Waals surface area contributed by atoms with E-state index in [1.165, 1.54) is 24.3 Å². The molecule has 1 aliphatic heterocycles. The van der Waals surface area contributed by atoms with Crippen molar-refractivity contribution in [3.63, 3.8) is 0 Å². The molecule has 1 aromatic heterocycles. The highest BCUT2D eigenvalue weighted by molar-refractivity contribution is 5.82. The van der Waals surface area contributed by atoms with Crippen LogP contribution < -0.4 is 5.43 Å². The van der Waals surface area contributed by atoms with Crippen molar-refractivity contribution in [2.24, 2.45) is 0 Å². The first-order chi connectivity index (χ1) is 11.5. The van der Waals surface area contributed by atoms with Crippen LogP contribution in [0.3, 0.4) is 0 Å². The lowest BCUT2D eigenvalue weighted by Crippen LogP contribution is -2.02. The van der Waals surface area contributed by atoms with Crippen LogP contribution in [-0.4, -0.2) is 10.0 Å². The van der Waals surface area contributed by atoms with Crippen molar-refractivity contribution in [2.75, 3.05) is 0 Å². The highest BCUT2D eigenvalue weighted by Crippen LogP contribution is 2.51. The van der Waals surface area contributed by atoms with Crippen molar-refractivity contribution >= 4 is 16.7 Å². The number of nitrogens with zero attached hydrogens (tertiary/aromatic N) is 1. The average molecular weight is 325 g/mol. The Hall–Kier alpha value is -3.19. The second-order valence-electron chi connectivity index (χ2n) is 5.49. The average Bonchev–Trinajstić information content (AvgIpc) is 3.35. The van der Waals surface area contributed by atoms with E-state index in [0.29, 0.717) is 5.76 Å². The van der Waals surface area contributed by atoms with Crippen LogP contribution in [0.5, 0.6) is 5.75 Å². The van der Waals surface area contributed by atoms with E-state index in [2.05, 4.69) is 0 Å². The zero-order chi connectivity index (χ0) is 16.8. The number of phenolic OH excluding ortho intramolecular Hbond substituents is 1. The number of benzene rings is 2. The first kappa shape index (κ1) is 14.4. The number of nitro groups is 1. The van der Waals surface area contributed by atoms with E-state index in [1.807, 2.05) is 0 Å². The molecule has 0 spiro atoms. The van der Waals surface area contributed by atoms with Gasteiger partial charge in [-0.3, -0.25) is 14.9 Å². The SMILES string of the molecule is O=c1cc([C@@H]2O[C@@H]2c2ccc([N+](=O)[O-])cc2)oc2cccc(O)c12. The van der Waals surface area contributed by atoms with Gasteiger partial charge in [-0.2, -0.15) is 0 Å². The van der Waals surface area contributed by atoms with Crippen molar-refractivity contribution in [1.82, 2.24) is 0 Å². The number of rotatable bonds is 3. The maximum atomic E-state index is 12.2. The summed E-state index contributed by atoms with van der Waals surface area (Å²) in [4.78, 5) is 22.4. The minimum absolute atomic E-state index is 0.00339. The molecule has 1 N–H and O–H groups in total. The summed E-state index contributed by atoms with van der Waals surface area (Å²) >= 11 is 0. The number of hydrogen-bond donors (Lipinski definition) is 1. The number of phenols is 1. The summed E-state index contributed by atoms with van der Waals surface area (Å²) in [7, 11) is 0. The molecule has 0 radical (unpaired) electrons. The van der Waals surface area contributed by atoms with Crippen LogP contribution >= 0.6 is 0 Å². The largest absolute Gasteiger partial charge is 0.507 e. The van der Waals surface area contributed by atoms with Crippen LogP contribution in [-0.2, 0) is 4.74 Å². The van der Waals surface area contributed by atoms with Gasteiger partial charge in [0, 0.05) is 18.2 Å². The fourth-order valence-electron chi connectivity index (χ4n) is 2.72. The lowest BCUT2D eigenvalue weighted by molar-refractivity contribution is -0.384. The van der Waals surface area contributed by atoms with Crippen LogP contribution in [0.4, 0.5) is 5.69 Å². The Bertz CT molecular complexity index is 1010. The molecule has 2 atom stereocenters. The summed E-state index contributed by atoms with van der Waals surface area (Å²) in [5, 5.41) is 20.6. The fraction of sp³-hybridized carbons (Fsp3) is 0.118. The Morgan fingerprint density at radius 3 is 2.54 bits per heavy atom. The molecule has 0 saturated carbocycles. The van der Waals surface area contributed by atoms with Crippen LogP contribution in [0, 0.1) is 10.1 Å². The Morgan fingerprint density at radius 1 is 1.08 bits per heavy atom. The van der Waals surface area contributed by atoms with Crippen LogP contribution in [0.1, 0.15) is 23.5 Å². The van der Waals surface area contributed by atoms with Crippen LogP contribution in [0.25, 0.3) is 11.0 Å². The first-order valence-corrected chi connectivity index (χ1v) is 7.20. The summed E-state index contributed by atoms with van der Waals surface area (Å²) in [6.45, 7) is 0. The standard InChI is InChI=1S/C17H11NO6/c19-11-2-1-3-13-15(11)12(20)8-14(23-13)17-16(24-17)9-4-6-10(7-5-9)18(21)22/h1-8,16-17,19H/t16-,17+/m1/s1. The number of nitro benzene ring substituents is 1. The lowest BCUT2D eigenvalue weighted by Gasteiger charge is -2.02. The Labute approximate surface area is 134 Å². The molecule has 2 aromatic carbocycles. The minimum Gasteiger partial charge on any atom is -0.507 e. The number of aromatic hydroxyl groups is 1. The van der Waals surface area contributed by atoms with Gasteiger partial charge >= 0.3 is 0 Å². The fourth-order valence-corrected chi connectivity index (χ4v) is 2.72. The zero-order valence-corrected chi connectivity index (χ0v) is 12.2. The summed E-state index contributed by atoms with van der Waals surface area (Å²) in [5.74, 6) is 0.234. The molecule has 120 valence electrons. The minimum atomic E-state index is -0.468. The number of fused-ring (bicyclic) bond motifs is 1. The maximum absolute atomic E-state index is 12.2. The monoisotopic (exact) mass is 325 g/mol. The van der Waals surface area contributed by atoms with Crippen LogP contribution in [0.2, 0.25) is 0 Å². The van der Waals surface area contributed by atoms with E-state index in [4.69, 9.17) is 9.15 Å². The summed E-state index contributed by atoms with van der Waals surface area (Å²) in [6, 6.07) is 12.0. The highest BCUT2D eigenvalue weighted by atomic mass is 16.6. The van der Waals surface area contributed by atoms with Gasteiger partial charge in [0.15, 0.2) is 5.43 Å². The Kier molecular flexibility index (Phi) is 3.10. The molecule has 0 amide bonds. The van der Waals surface area contributed by atoms with Crippen molar-refractivity contribution in [2.45, 2.75) is 12.2 Å². The summed E-state index contributed by atoms with van der Waals surface area (Å²) < 4.78 is 11.2. The summed E-state index contributed by atoms with van der Waals surface area (Å²) in [5.41, 5.74) is 0.714. The molecule has 4 rings (SSSR count). The normalized spacial score (nSPS) is 19.3. The van der Waals surface area contributed by atoms with Gasteiger partial charge < -0.3 is 14.3 Å². The highest BCUT2D eigenvalue weighted by Gasteiger charge is 2.44. The first-order valence-electron chi connectivity index (χ1n) is 7.20. The van der Waals surface area contributed by atoms with Gasteiger partial charge in [0.2, 0.25) is 0 Å². The third kappa shape index (κ3) is 2.31. The quantitative estimate of drug-likeness (QED) is 0.450. The van der Waals surface area contributed by atoms with E-state index < -0.39 is 11.0 Å². The smallest absolute Gasteiger partial charge is 0.269 e. The number of hydrogen-bond acceptors (Lipinski definition) is 6. The number of non-ortho nitro benzene ring substituents is 1. The molecule has 1 fully saturated rings. The van der Waals surface area contributed by atoms with E-state index >= 15 is 0 Å². The van der Waals surface area contributed by atoms with Gasteiger partial charge in [-0.15, -0.1) is 0 Å². The van der Waals surface area contributed by atoms with E-state index in [-0.39, 0.29) is 33.9 Å². The molecule has 3 aromatic rings. The van der Waals surface area contributed by atoms with Gasteiger partial charge in [0.05, 0.1) is 4.92 Å². The van der Waals surface area contributed by atoms with Gasteiger partial charge in [-0.25, -0.2) is 0 Å². The molecule has 1 aliphatic rings. The molecule has 2 heterocycles. The second kappa shape index (κ2) is 5.17. The molecule has 7 nitrogen and oxygen atoms in total. The van der Waals surface area contributed by atoms with Gasteiger partial charge in [0.1, 0.15) is 34.7 Å². The van der Waals surface area contributed by atoms with Crippen molar-refractivity contribution in [3.8, 4) is 5.75 Å². The van der Waals surface area contributed by atoms with Crippen LogP contribution in [0.15, 0.2) is 57.7 Å². The molecular formula is C17H11NO6. The molecular weight excluding hydrogens is 314 g/mol. The van der Waals surface area contributed by atoms with E-state index in [9.17, 15) is 20.0 Å². The predicted molar refractivity (Wildman–Crippen MR) is 83.8 cm³/mol. The molecule has 0 bridgehead atoms. The van der Waals surface area contributed by atoms with Gasteiger partial charge in [-0.1, -0.05) is 6.07 Å². The molecule has 0 aliphatic carbocycles. The predicted octanol–water partition coefficient (Wildman–Crippen LogP) is 3.22. The van der Waals surface area contributed by atoms with Crippen molar-refractivity contribution in [1.29, 1.82) is 0 Å². The zero-order valence-electron chi connectivity index (χ0n) is 12.2. The number of ether oxygens (including phenoxy) is 1. The molecule has 1 saturated heterocycles.